The fraction of sp³-hybridized carbons (Fsp3) is 0.500. The van der Waals surface area contributed by atoms with Crippen molar-refractivity contribution in [3.63, 3.8) is 0 Å². The van der Waals surface area contributed by atoms with E-state index in [4.69, 9.17) is 14.3 Å². The summed E-state index contributed by atoms with van der Waals surface area (Å²) in [6.07, 6.45) is 0. The van der Waals surface area contributed by atoms with E-state index < -0.39 is 5.97 Å². The minimum absolute atomic E-state index is 0.131. The smallest absolute Gasteiger partial charge is 0.339 e. The SMILES string of the molecule is COCCNC(=O)CNCc1cc(C(=O)O)c(C)o1. The third-order valence-electron chi connectivity index (χ3n) is 2.41. The summed E-state index contributed by atoms with van der Waals surface area (Å²) in [5.41, 5.74) is 0.140. The lowest BCUT2D eigenvalue weighted by Crippen LogP contribution is -2.35. The molecule has 0 aromatic carbocycles. The molecule has 0 aliphatic carbocycles. The molecule has 0 bridgehead atoms. The van der Waals surface area contributed by atoms with Crippen LogP contribution in [0.4, 0.5) is 0 Å². The van der Waals surface area contributed by atoms with Gasteiger partial charge in [-0.25, -0.2) is 4.79 Å². The first-order chi connectivity index (χ1) is 9.04. The zero-order valence-corrected chi connectivity index (χ0v) is 11.0. The van der Waals surface area contributed by atoms with Crippen LogP contribution in [-0.4, -0.2) is 43.8 Å². The number of aromatic carboxylic acids is 1. The van der Waals surface area contributed by atoms with Crippen molar-refractivity contribution in [3.05, 3.63) is 23.2 Å². The molecule has 19 heavy (non-hydrogen) atoms. The second kappa shape index (κ2) is 7.55. The number of nitrogens with one attached hydrogen (secondary N) is 2. The molecule has 0 atom stereocenters. The van der Waals surface area contributed by atoms with Crippen LogP contribution >= 0.6 is 0 Å². The molecule has 1 aromatic heterocycles. The van der Waals surface area contributed by atoms with E-state index in [2.05, 4.69) is 10.6 Å². The number of carboxylic acid groups (broad SMARTS) is 1. The van der Waals surface area contributed by atoms with Gasteiger partial charge in [0.05, 0.1) is 19.7 Å². The van der Waals surface area contributed by atoms with Crippen molar-refractivity contribution in [2.75, 3.05) is 26.8 Å². The molecule has 106 valence electrons. The number of carboxylic acids is 1. The highest BCUT2D eigenvalue weighted by molar-refractivity contribution is 5.88. The molecule has 0 spiro atoms. The second-order valence-electron chi connectivity index (χ2n) is 3.93. The van der Waals surface area contributed by atoms with Gasteiger partial charge in [-0.2, -0.15) is 0 Å². The van der Waals surface area contributed by atoms with Gasteiger partial charge < -0.3 is 24.9 Å². The van der Waals surface area contributed by atoms with Crippen molar-refractivity contribution in [3.8, 4) is 0 Å². The molecule has 1 heterocycles. The first-order valence-corrected chi connectivity index (χ1v) is 5.83. The summed E-state index contributed by atoms with van der Waals surface area (Å²) < 4.78 is 10.1. The van der Waals surface area contributed by atoms with Crippen LogP contribution in [0.1, 0.15) is 21.9 Å². The molecule has 7 heteroatoms. The highest BCUT2D eigenvalue weighted by atomic mass is 16.5. The molecule has 0 aliphatic rings. The monoisotopic (exact) mass is 270 g/mol. The van der Waals surface area contributed by atoms with Gasteiger partial charge in [0.1, 0.15) is 17.1 Å². The predicted molar refractivity (Wildman–Crippen MR) is 67.0 cm³/mol. The number of ether oxygens (including phenoxy) is 1. The number of rotatable bonds is 8. The third kappa shape index (κ3) is 5.11. The number of aryl methyl sites for hydroxylation is 1. The van der Waals surface area contributed by atoms with Crippen LogP contribution in [-0.2, 0) is 16.1 Å². The number of carbonyl (C=O) groups is 2. The molecule has 1 amide bonds. The summed E-state index contributed by atoms with van der Waals surface area (Å²) in [5, 5.41) is 14.4. The Morgan fingerprint density at radius 2 is 2.21 bits per heavy atom. The lowest BCUT2D eigenvalue weighted by Gasteiger charge is -2.04. The van der Waals surface area contributed by atoms with Crippen molar-refractivity contribution in [2.24, 2.45) is 0 Å². The topological polar surface area (TPSA) is 101 Å². The Morgan fingerprint density at radius 3 is 2.79 bits per heavy atom. The Balaban J connectivity index is 2.31. The molecule has 0 saturated heterocycles. The van der Waals surface area contributed by atoms with Gasteiger partial charge in [0.25, 0.3) is 0 Å². The summed E-state index contributed by atoms with van der Waals surface area (Å²) in [6, 6.07) is 1.45. The quantitative estimate of drug-likeness (QED) is 0.581. The summed E-state index contributed by atoms with van der Waals surface area (Å²) in [6.45, 7) is 2.94. The van der Waals surface area contributed by atoms with E-state index in [-0.39, 0.29) is 18.0 Å². The van der Waals surface area contributed by atoms with Crippen LogP contribution in [0.25, 0.3) is 0 Å². The highest BCUT2D eigenvalue weighted by Gasteiger charge is 2.13. The first-order valence-electron chi connectivity index (χ1n) is 5.83. The third-order valence-corrected chi connectivity index (χ3v) is 2.41. The second-order valence-corrected chi connectivity index (χ2v) is 3.93. The standard InChI is InChI=1S/C12H18N2O5/c1-8-10(12(16)17)5-9(19-8)6-13-7-11(15)14-3-4-18-2/h5,13H,3-4,6-7H2,1-2H3,(H,14,15)(H,16,17). The zero-order valence-electron chi connectivity index (χ0n) is 11.0. The van der Waals surface area contributed by atoms with Crippen LogP contribution in [0.5, 0.6) is 0 Å². The molecule has 1 rings (SSSR count). The number of furan rings is 1. The van der Waals surface area contributed by atoms with E-state index >= 15 is 0 Å². The number of hydrogen-bond donors (Lipinski definition) is 3. The van der Waals surface area contributed by atoms with Gasteiger partial charge in [0.2, 0.25) is 5.91 Å². The van der Waals surface area contributed by atoms with E-state index in [1.165, 1.54) is 6.07 Å². The van der Waals surface area contributed by atoms with E-state index in [1.54, 1.807) is 14.0 Å². The minimum Gasteiger partial charge on any atom is -0.478 e. The van der Waals surface area contributed by atoms with Crippen LogP contribution in [0.2, 0.25) is 0 Å². The number of carbonyl (C=O) groups excluding carboxylic acids is 1. The molecule has 1 aromatic rings. The maximum Gasteiger partial charge on any atom is 0.339 e. The lowest BCUT2D eigenvalue weighted by atomic mass is 10.2. The van der Waals surface area contributed by atoms with Crippen molar-refractivity contribution in [2.45, 2.75) is 13.5 Å². The van der Waals surface area contributed by atoms with E-state index in [0.29, 0.717) is 31.2 Å². The fourth-order valence-electron chi connectivity index (χ4n) is 1.50. The van der Waals surface area contributed by atoms with Crippen molar-refractivity contribution < 1.29 is 23.8 Å². The van der Waals surface area contributed by atoms with Crippen molar-refractivity contribution >= 4 is 11.9 Å². The summed E-state index contributed by atoms with van der Waals surface area (Å²) >= 11 is 0. The normalized spacial score (nSPS) is 10.4. The molecular weight excluding hydrogens is 252 g/mol. The fourth-order valence-corrected chi connectivity index (χ4v) is 1.50. The van der Waals surface area contributed by atoms with Gasteiger partial charge in [-0.05, 0) is 13.0 Å². The van der Waals surface area contributed by atoms with Crippen molar-refractivity contribution in [1.29, 1.82) is 0 Å². The molecule has 0 aliphatic heterocycles. The predicted octanol–water partition coefficient (Wildman–Crippen LogP) is 0.138. The van der Waals surface area contributed by atoms with Gasteiger partial charge in [0, 0.05) is 13.7 Å². The van der Waals surface area contributed by atoms with E-state index in [0.717, 1.165) is 0 Å². The van der Waals surface area contributed by atoms with Gasteiger partial charge in [-0.1, -0.05) is 0 Å². The Kier molecular flexibility index (Phi) is 6.04. The van der Waals surface area contributed by atoms with Gasteiger partial charge in [-0.15, -0.1) is 0 Å². The molecule has 0 fully saturated rings. The Labute approximate surface area is 110 Å². The average molecular weight is 270 g/mol. The van der Waals surface area contributed by atoms with E-state index in [9.17, 15) is 9.59 Å². The van der Waals surface area contributed by atoms with Crippen LogP contribution in [0.3, 0.4) is 0 Å². The number of methoxy groups -OCH3 is 1. The van der Waals surface area contributed by atoms with Gasteiger partial charge in [-0.3, -0.25) is 4.79 Å². The van der Waals surface area contributed by atoms with Crippen LogP contribution in [0.15, 0.2) is 10.5 Å². The Morgan fingerprint density at radius 1 is 1.47 bits per heavy atom. The first kappa shape index (κ1) is 15.2. The molecule has 7 nitrogen and oxygen atoms in total. The summed E-state index contributed by atoms with van der Waals surface area (Å²) in [5.74, 6) is -0.336. The Hall–Kier alpha value is -1.86. The molecule has 0 saturated carbocycles. The Bertz CT molecular complexity index is 441. The highest BCUT2D eigenvalue weighted by Crippen LogP contribution is 2.14. The molecular formula is C12H18N2O5. The van der Waals surface area contributed by atoms with Gasteiger partial charge >= 0.3 is 5.97 Å². The molecule has 0 unspecified atom stereocenters. The molecule has 3 N–H and O–H groups in total. The minimum atomic E-state index is -1.02. The number of hydrogen-bond acceptors (Lipinski definition) is 5. The zero-order chi connectivity index (χ0) is 14.3. The average Bonchev–Trinajstić information content (AvgIpc) is 2.71. The van der Waals surface area contributed by atoms with Crippen molar-refractivity contribution in [1.82, 2.24) is 10.6 Å². The van der Waals surface area contributed by atoms with Gasteiger partial charge in [0.15, 0.2) is 0 Å². The van der Waals surface area contributed by atoms with Crippen LogP contribution < -0.4 is 10.6 Å². The summed E-state index contributed by atoms with van der Waals surface area (Å²) in [4.78, 5) is 22.1. The molecule has 0 radical (unpaired) electrons. The largest absolute Gasteiger partial charge is 0.478 e. The maximum atomic E-state index is 11.3. The number of amides is 1. The lowest BCUT2D eigenvalue weighted by molar-refractivity contribution is -0.120. The van der Waals surface area contributed by atoms with E-state index in [1.807, 2.05) is 0 Å². The summed E-state index contributed by atoms with van der Waals surface area (Å²) in [7, 11) is 1.56. The maximum absolute atomic E-state index is 11.3. The van der Waals surface area contributed by atoms with Crippen LogP contribution in [0, 0.1) is 6.92 Å².